The van der Waals surface area contributed by atoms with Crippen LogP contribution in [0.4, 0.5) is 0 Å². The summed E-state index contributed by atoms with van der Waals surface area (Å²) in [5.41, 5.74) is 1.08. The molecule has 2 rings (SSSR count). The monoisotopic (exact) mass is 328 g/mol. The first-order valence-electron chi connectivity index (χ1n) is 7.54. The first-order valence-corrected chi connectivity index (χ1v) is 9.16. The molecule has 2 aromatic rings. The van der Waals surface area contributed by atoms with E-state index in [-0.39, 0.29) is 11.8 Å². The standard InChI is InChI=1S/C17H20N2O3Si/c1-2-13-22-23(18-16(20)14-9-5-3-6-10-14)19-17(21)15-11-7-4-8-12-15/h3-12,23H,2,13H2,1H3,(H,18,20)(H,19,21). The number of carbonyl (C=O) groups is 2. The summed E-state index contributed by atoms with van der Waals surface area (Å²) in [5.74, 6) is -0.488. The average Bonchev–Trinajstić information content (AvgIpc) is 2.61. The van der Waals surface area contributed by atoms with Crippen molar-refractivity contribution in [3.05, 3.63) is 71.8 Å². The lowest BCUT2D eigenvalue weighted by atomic mass is 10.2. The van der Waals surface area contributed by atoms with Crippen molar-refractivity contribution >= 4 is 21.2 Å². The van der Waals surface area contributed by atoms with Crippen LogP contribution in [0.2, 0.25) is 0 Å². The van der Waals surface area contributed by atoms with Crippen LogP contribution in [-0.4, -0.2) is 27.8 Å². The third kappa shape index (κ3) is 5.35. The van der Waals surface area contributed by atoms with Crippen molar-refractivity contribution in [3.8, 4) is 0 Å². The Morgan fingerprint density at radius 1 is 0.870 bits per heavy atom. The van der Waals surface area contributed by atoms with Crippen molar-refractivity contribution in [3.63, 3.8) is 0 Å². The van der Waals surface area contributed by atoms with Gasteiger partial charge in [-0.1, -0.05) is 43.3 Å². The van der Waals surface area contributed by atoms with Crippen LogP contribution in [0, 0.1) is 0 Å². The van der Waals surface area contributed by atoms with Crippen LogP contribution in [0.5, 0.6) is 0 Å². The van der Waals surface area contributed by atoms with Crippen molar-refractivity contribution in [2.24, 2.45) is 0 Å². The second kappa shape index (κ2) is 8.87. The summed E-state index contributed by atoms with van der Waals surface area (Å²) in [5, 5.41) is 0. The number of nitrogens with one attached hydrogen (secondary N) is 2. The van der Waals surface area contributed by atoms with Crippen molar-refractivity contribution < 1.29 is 14.0 Å². The fourth-order valence-corrected chi connectivity index (χ4v) is 3.46. The van der Waals surface area contributed by atoms with E-state index in [4.69, 9.17) is 4.43 Å². The molecule has 0 fully saturated rings. The first-order chi connectivity index (χ1) is 11.2. The molecule has 2 aromatic carbocycles. The number of amides is 2. The highest BCUT2D eigenvalue weighted by Gasteiger charge is 2.20. The molecule has 5 nitrogen and oxygen atoms in total. The summed E-state index contributed by atoms with van der Waals surface area (Å²) in [6.07, 6.45) is 0.811. The molecule has 0 saturated carbocycles. The van der Waals surface area contributed by atoms with Gasteiger partial charge in [0.2, 0.25) is 11.8 Å². The number of rotatable bonds is 7. The largest absolute Gasteiger partial charge is 0.402 e. The predicted molar refractivity (Wildman–Crippen MR) is 91.2 cm³/mol. The van der Waals surface area contributed by atoms with Crippen LogP contribution in [0.25, 0.3) is 0 Å². The predicted octanol–water partition coefficient (Wildman–Crippen LogP) is 1.99. The van der Waals surface area contributed by atoms with Gasteiger partial charge in [0, 0.05) is 17.7 Å². The lowest BCUT2D eigenvalue weighted by Gasteiger charge is -2.18. The van der Waals surface area contributed by atoms with E-state index in [9.17, 15) is 9.59 Å². The maximum Gasteiger partial charge on any atom is 0.402 e. The summed E-state index contributed by atoms with van der Waals surface area (Å²) in [4.78, 5) is 30.1. The van der Waals surface area contributed by atoms with Gasteiger partial charge in [0.25, 0.3) is 0 Å². The van der Waals surface area contributed by atoms with Gasteiger partial charge in [-0.05, 0) is 30.7 Å². The molecule has 120 valence electrons. The molecule has 0 radical (unpaired) electrons. The van der Waals surface area contributed by atoms with Crippen LogP contribution >= 0.6 is 0 Å². The molecular weight excluding hydrogens is 308 g/mol. The number of carbonyl (C=O) groups excluding carboxylic acids is 2. The van der Waals surface area contributed by atoms with E-state index < -0.39 is 9.36 Å². The van der Waals surface area contributed by atoms with E-state index in [0.717, 1.165) is 6.42 Å². The Balaban J connectivity index is 2.02. The van der Waals surface area contributed by atoms with E-state index in [2.05, 4.69) is 9.96 Å². The Kier molecular flexibility index (Phi) is 6.52. The average molecular weight is 328 g/mol. The van der Waals surface area contributed by atoms with Gasteiger partial charge < -0.3 is 14.4 Å². The fourth-order valence-electron chi connectivity index (χ4n) is 1.94. The second-order valence-electron chi connectivity index (χ2n) is 4.93. The maximum absolute atomic E-state index is 12.2. The number of hydrogen-bond donors (Lipinski definition) is 2. The molecule has 0 atom stereocenters. The number of hydrogen-bond acceptors (Lipinski definition) is 3. The molecule has 6 heteroatoms. The van der Waals surface area contributed by atoms with Crippen LogP contribution in [0.15, 0.2) is 60.7 Å². The smallest absolute Gasteiger partial charge is 0.386 e. The molecular formula is C17H20N2O3Si. The third-order valence-electron chi connectivity index (χ3n) is 3.08. The molecule has 2 N–H and O–H groups in total. The van der Waals surface area contributed by atoms with Crippen molar-refractivity contribution in [1.29, 1.82) is 0 Å². The third-order valence-corrected chi connectivity index (χ3v) is 4.70. The van der Waals surface area contributed by atoms with Crippen LogP contribution < -0.4 is 9.96 Å². The van der Waals surface area contributed by atoms with Crippen molar-refractivity contribution in [2.75, 3.05) is 6.61 Å². The summed E-state index contributed by atoms with van der Waals surface area (Å²) < 4.78 is 5.65. The molecule has 0 spiro atoms. The number of benzene rings is 2. The zero-order valence-corrected chi connectivity index (χ0v) is 14.1. The Labute approximate surface area is 137 Å². The van der Waals surface area contributed by atoms with E-state index in [1.807, 2.05) is 19.1 Å². The molecule has 0 aliphatic heterocycles. The van der Waals surface area contributed by atoms with E-state index in [1.54, 1.807) is 48.5 Å². The Morgan fingerprint density at radius 3 is 1.70 bits per heavy atom. The molecule has 0 unspecified atom stereocenters. The van der Waals surface area contributed by atoms with E-state index >= 15 is 0 Å². The van der Waals surface area contributed by atoms with Crippen molar-refractivity contribution in [2.45, 2.75) is 13.3 Å². The molecule has 0 saturated heterocycles. The summed E-state index contributed by atoms with van der Waals surface area (Å²) in [6, 6.07) is 17.7. The fraction of sp³-hybridized carbons (Fsp3) is 0.176. The van der Waals surface area contributed by atoms with E-state index in [1.165, 1.54) is 0 Å². The zero-order valence-electron chi connectivity index (χ0n) is 13.0. The van der Waals surface area contributed by atoms with Crippen LogP contribution in [0.1, 0.15) is 34.1 Å². The van der Waals surface area contributed by atoms with Gasteiger partial charge in [-0.2, -0.15) is 0 Å². The minimum atomic E-state index is -2.41. The molecule has 0 aromatic heterocycles. The highest BCUT2D eigenvalue weighted by molar-refractivity contribution is 6.54. The quantitative estimate of drug-likeness (QED) is 0.764. The summed E-state index contributed by atoms with van der Waals surface area (Å²) in [7, 11) is -2.41. The Hall–Kier alpha value is -2.44. The molecule has 0 heterocycles. The van der Waals surface area contributed by atoms with Crippen LogP contribution in [0.3, 0.4) is 0 Å². The normalized spacial score (nSPS) is 10.3. The lowest BCUT2D eigenvalue weighted by molar-refractivity contribution is 0.0955. The Morgan fingerprint density at radius 2 is 1.30 bits per heavy atom. The van der Waals surface area contributed by atoms with E-state index in [0.29, 0.717) is 17.7 Å². The minimum absolute atomic E-state index is 0.244. The summed E-state index contributed by atoms with van der Waals surface area (Å²) >= 11 is 0. The molecule has 0 aliphatic carbocycles. The van der Waals surface area contributed by atoms with Gasteiger partial charge in [0.15, 0.2) is 0 Å². The van der Waals surface area contributed by atoms with Crippen molar-refractivity contribution in [1.82, 2.24) is 9.96 Å². The van der Waals surface area contributed by atoms with Crippen LogP contribution in [-0.2, 0) is 4.43 Å². The molecule has 0 aliphatic rings. The topological polar surface area (TPSA) is 67.4 Å². The van der Waals surface area contributed by atoms with Gasteiger partial charge in [0.1, 0.15) is 0 Å². The second-order valence-corrected chi connectivity index (χ2v) is 6.60. The van der Waals surface area contributed by atoms with Gasteiger partial charge in [-0.3, -0.25) is 9.59 Å². The molecule has 0 bridgehead atoms. The zero-order chi connectivity index (χ0) is 16.5. The maximum atomic E-state index is 12.2. The SMILES string of the molecule is CCCO[SiH](NC(=O)c1ccccc1)NC(=O)c1ccccc1. The lowest BCUT2D eigenvalue weighted by Crippen LogP contribution is -2.54. The Bertz CT molecular complexity index is 581. The summed E-state index contributed by atoms with van der Waals surface area (Å²) in [6.45, 7) is 2.46. The molecule has 2 amide bonds. The van der Waals surface area contributed by atoms with Gasteiger partial charge in [0.05, 0.1) is 0 Å². The molecule has 23 heavy (non-hydrogen) atoms. The first kappa shape index (κ1) is 16.9. The minimum Gasteiger partial charge on any atom is -0.386 e. The van der Waals surface area contributed by atoms with Gasteiger partial charge >= 0.3 is 9.36 Å². The highest BCUT2D eigenvalue weighted by atomic mass is 28.3. The van der Waals surface area contributed by atoms with Gasteiger partial charge in [-0.15, -0.1) is 0 Å². The highest BCUT2D eigenvalue weighted by Crippen LogP contribution is 2.00. The van der Waals surface area contributed by atoms with Gasteiger partial charge in [-0.25, -0.2) is 0 Å².